The van der Waals surface area contributed by atoms with Gasteiger partial charge in [-0.15, -0.1) is 0 Å². The number of ketones is 1. The number of carbonyl (C=O) groups excluding carboxylic acids is 2. The monoisotopic (exact) mass is 577 g/mol. The second kappa shape index (κ2) is 12.9. The normalized spacial score (nSPS) is 16.0. The summed E-state index contributed by atoms with van der Waals surface area (Å²) in [7, 11) is 0. The van der Waals surface area contributed by atoms with Gasteiger partial charge in [-0.1, -0.05) is 48.5 Å². The van der Waals surface area contributed by atoms with Gasteiger partial charge in [-0.25, -0.2) is 0 Å². The van der Waals surface area contributed by atoms with E-state index in [1.165, 1.54) is 4.90 Å². The lowest BCUT2D eigenvalue weighted by Gasteiger charge is -2.26. The lowest BCUT2D eigenvalue weighted by molar-refractivity contribution is -0.132. The minimum absolute atomic E-state index is 0.00846. The highest BCUT2D eigenvalue weighted by Crippen LogP contribution is 2.43. The van der Waals surface area contributed by atoms with E-state index < -0.39 is 17.7 Å². The first-order valence-electron chi connectivity index (χ1n) is 14.3. The third kappa shape index (κ3) is 6.41. The van der Waals surface area contributed by atoms with E-state index in [1.807, 2.05) is 76.2 Å². The summed E-state index contributed by atoms with van der Waals surface area (Å²) in [5, 5.41) is 11.7. The molecule has 1 N–H and O–H groups in total. The highest BCUT2D eigenvalue weighted by molar-refractivity contribution is 6.51. The van der Waals surface area contributed by atoms with Crippen LogP contribution in [0.2, 0.25) is 0 Å². The topological polar surface area (TPSA) is 85.3 Å². The van der Waals surface area contributed by atoms with Crippen LogP contribution in [0.15, 0.2) is 103 Å². The summed E-state index contributed by atoms with van der Waals surface area (Å²) >= 11 is 0. The number of aryl methyl sites for hydroxylation is 1. The summed E-state index contributed by atoms with van der Waals surface area (Å²) in [6.07, 6.45) is -0.0740. The molecule has 7 heteroatoms. The SMILES string of the molecule is CCOc1cccc(N2C(=O)C(=O)/C(=C(/O)c3ccc(OCc4ccccc4)c(C)c3)C2c2cccc(OC(C)C)c2)c1. The van der Waals surface area contributed by atoms with Crippen molar-refractivity contribution in [1.82, 2.24) is 0 Å². The molecule has 1 amide bonds. The molecule has 1 fully saturated rings. The van der Waals surface area contributed by atoms with Gasteiger partial charge in [0.2, 0.25) is 0 Å². The van der Waals surface area contributed by atoms with Crippen LogP contribution in [-0.2, 0) is 16.2 Å². The molecule has 1 heterocycles. The average Bonchev–Trinajstić information content (AvgIpc) is 3.26. The van der Waals surface area contributed by atoms with E-state index in [2.05, 4.69) is 0 Å². The van der Waals surface area contributed by atoms with E-state index in [4.69, 9.17) is 14.2 Å². The Morgan fingerprint density at radius 2 is 1.60 bits per heavy atom. The number of aliphatic hydroxyl groups is 1. The highest BCUT2D eigenvalue weighted by Gasteiger charge is 2.47. The van der Waals surface area contributed by atoms with Crippen molar-refractivity contribution in [3.8, 4) is 17.2 Å². The van der Waals surface area contributed by atoms with Crippen molar-refractivity contribution < 1.29 is 28.9 Å². The maximum atomic E-state index is 13.7. The lowest BCUT2D eigenvalue weighted by atomic mass is 9.94. The first kappa shape index (κ1) is 29.5. The smallest absolute Gasteiger partial charge is 0.300 e. The molecule has 1 atom stereocenters. The van der Waals surface area contributed by atoms with E-state index >= 15 is 0 Å². The molecule has 0 saturated carbocycles. The number of nitrogens with zero attached hydrogens (tertiary/aromatic N) is 1. The van der Waals surface area contributed by atoms with Gasteiger partial charge in [-0.3, -0.25) is 14.5 Å². The first-order valence-corrected chi connectivity index (χ1v) is 14.3. The van der Waals surface area contributed by atoms with Crippen molar-refractivity contribution in [1.29, 1.82) is 0 Å². The molecular formula is C36H35NO6. The summed E-state index contributed by atoms with van der Waals surface area (Å²) in [5.41, 5.74) is 3.32. The van der Waals surface area contributed by atoms with Crippen LogP contribution in [-0.4, -0.2) is 29.5 Å². The highest BCUT2D eigenvalue weighted by atomic mass is 16.5. The average molecular weight is 578 g/mol. The molecule has 4 aromatic carbocycles. The van der Waals surface area contributed by atoms with Crippen LogP contribution in [0.25, 0.3) is 5.76 Å². The first-order chi connectivity index (χ1) is 20.8. The lowest BCUT2D eigenvalue weighted by Crippen LogP contribution is -2.29. The van der Waals surface area contributed by atoms with Gasteiger partial charge in [-0.05, 0) is 86.8 Å². The Labute approximate surface area is 252 Å². The maximum Gasteiger partial charge on any atom is 0.300 e. The van der Waals surface area contributed by atoms with Crippen molar-refractivity contribution in [2.24, 2.45) is 0 Å². The predicted molar refractivity (Wildman–Crippen MR) is 167 cm³/mol. The van der Waals surface area contributed by atoms with E-state index in [0.29, 0.717) is 47.3 Å². The van der Waals surface area contributed by atoms with Gasteiger partial charge >= 0.3 is 0 Å². The van der Waals surface area contributed by atoms with Gasteiger partial charge in [0.05, 0.1) is 24.3 Å². The van der Waals surface area contributed by atoms with Gasteiger partial charge in [0.1, 0.15) is 29.6 Å². The number of hydrogen-bond donors (Lipinski definition) is 1. The van der Waals surface area contributed by atoms with Gasteiger partial charge in [0.25, 0.3) is 11.7 Å². The van der Waals surface area contributed by atoms with Crippen molar-refractivity contribution in [2.45, 2.75) is 46.4 Å². The maximum absolute atomic E-state index is 13.7. The third-order valence-electron chi connectivity index (χ3n) is 7.08. The number of ether oxygens (including phenoxy) is 3. The molecule has 4 aromatic rings. The van der Waals surface area contributed by atoms with Gasteiger partial charge in [0.15, 0.2) is 0 Å². The standard InChI is InChI=1S/C36H35NO6/c1-5-41-29-15-10-14-28(21-29)37-33(26-13-9-16-30(20-26)43-23(2)3)32(35(39)36(37)40)34(38)27-17-18-31(24(4)19-27)42-22-25-11-7-6-8-12-25/h6-21,23,33,38H,5,22H2,1-4H3/b34-32+. The fourth-order valence-electron chi connectivity index (χ4n) is 5.18. The van der Waals surface area contributed by atoms with Crippen LogP contribution in [0.1, 0.15) is 49.1 Å². The fourth-order valence-corrected chi connectivity index (χ4v) is 5.18. The van der Waals surface area contributed by atoms with Crippen LogP contribution in [0.5, 0.6) is 17.2 Å². The zero-order valence-electron chi connectivity index (χ0n) is 24.7. The zero-order chi connectivity index (χ0) is 30.5. The van der Waals surface area contributed by atoms with Crippen molar-refractivity contribution >= 4 is 23.1 Å². The molecule has 0 radical (unpaired) electrons. The number of anilines is 1. The number of hydrogen-bond acceptors (Lipinski definition) is 6. The van der Waals surface area contributed by atoms with E-state index in [1.54, 1.807) is 48.5 Å². The van der Waals surface area contributed by atoms with E-state index in [-0.39, 0.29) is 17.4 Å². The van der Waals surface area contributed by atoms with Crippen LogP contribution < -0.4 is 19.1 Å². The predicted octanol–water partition coefficient (Wildman–Crippen LogP) is 7.39. The summed E-state index contributed by atoms with van der Waals surface area (Å²) in [6, 6.07) is 28.4. The number of Topliss-reactive ketones (excluding diaryl/α,β-unsaturated/α-hetero) is 1. The molecule has 1 aliphatic rings. The molecule has 220 valence electrons. The van der Waals surface area contributed by atoms with Crippen molar-refractivity contribution in [2.75, 3.05) is 11.5 Å². The molecule has 0 spiro atoms. The Kier molecular flexibility index (Phi) is 8.81. The van der Waals surface area contributed by atoms with E-state index in [9.17, 15) is 14.7 Å². The Morgan fingerprint density at radius 1 is 0.860 bits per heavy atom. The molecule has 5 rings (SSSR count). The molecule has 0 aromatic heterocycles. The molecule has 7 nitrogen and oxygen atoms in total. The Morgan fingerprint density at radius 3 is 2.33 bits per heavy atom. The number of rotatable bonds is 10. The number of carbonyl (C=O) groups is 2. The van der Waals surface area contributed by atoms with Crippen LogP contribution in [0.3, 0.4) is 0 Å². The summed E-state index contributed by atoms with van der Waals surface area (Å²) in [5.74, 6) is 0.0380. The van der Waals surface area contributed by atoms with Crippen molar-refractivity contribution in [3.05, 3.63) is 125 Å². The molecule has 1 saturated heterocycles. The van der Waals surface area contributed by atoms with Gasteiger partial charge < -0.3 is 19.3 Å². The molecule has 1 aliphatic heterocycles. The molecule has 0 bridgehead atoms. The number of benzene rings is 4. The fraction of sp³-hybridized carbons (Fsp3) is 0.222. The summed E-state index contributed by atoms with van der Waals surface area (Å²) in [4.78, 5) is 28.7. The van der Waals surface area contributed by atoms with Crippen LogP contribution in [0.4, 0.5) is 5.69 Å². The second-order valence-corrected chi connectivity index (χ2v) is 10.6. The number of amides is 1. The zero-order valence-corrected chi connectivity index (χ0v) is 24.7. The van der Waals surface area contributed by atoms with E-state index in [0.717, 1.165) is 11.1 Å². The summed E-state index contributed by atoms with van der Waals surface area (Å²) in [6.45, 7) is 8.44. The quantitative estimate of drug-likeness (QED) is 0.120. The minimum Gasteiger partial charge on any atom is -0.507 e. The molecule has 0 aliphatic carbocycles. The Hall–Kier alpha value is -5.04. The van der Waals surface area contributed by atoms with Crippen LogP contribution >= 0.6 is 0 Å². The Bertz CT molecular complexity index is 1660. The van der Waals surface area contributed by atoms with Gasteiger partial charge in [0, 0.05) is 17.3 Å². The molecule has 1 unspecified atom stereocenters. The number of aliphatic hydroxyl groups excluding tert-OH is 1. The largest absolute Gasteiger partial charge is 0.507 e. The van der Waals surface area contributed by atoms with Gasteiger partial charge in [-0.2, -0.15) is 0 Å². The van der Waals surface area contributed by atoms with Crippen molar-refractivity contribution in [3.63, 3.8) is 0 Å². The molecular weight excluding hydrogens is 542 g/mol. The minimum atomic E-state index is -0.901. The summed E-state index contributed by atoms with van der Waals surface area (Å²) < 4.78 is 17.6. The Balaban J connectivity index is 1.58. The molecule has 43 heavy (non-hydrogen) atoms. The second-order valence-electron chi connectivity index (χ2n) is 10.6. The third-order valence-corrected chi connectivity index (χ3v) is 7.08. The van der Waals surface area contributed by atoms with Crippen LogP contribution in [0, 0.1) is 6.92 Å².